The third-order valence-electron chi connectivity index (χ3n) is 3.05. The van der Waals surface area contributed by atoms with E-state index in [0.29, 0.717) is 6.04 Å². The molecule has 3 heteroatoms. The first-order chi connectivity index (χ1) is 7.31. The van der Waals surface area contributed by atoms with E-state index in [-0.39, 0.29) is 6.61 Å². The van der Waals surface area contributed by atoms with E-state index < -0.39 is 0 Å². The molecule has 2 rings (SSSR count). The fraction of sp³-hybridized carbons (Fsp3) is 0.667. The van der Waals surface area contributed by atoms with E-state index in [1.165, 1.54) is 18.4 Å². The van der Waals surface area contributed by atoms with E-state index in [9.17, 15) is 0 Å². The molecule has 0 aromatic carbocycles. The lowest BCUT2D eigenvalue weighted by molar-refractivity contribution is 0.150. The van der Waals surface area contributed by atoms with Crippen LogP contribution in [0.5, 0.6) is 0 Å². The van der Waals surface area contributed by atoms with Gasteiger partial charge in [0.2, 0.25) is 0 Å². The molecule has 2 nitrogen and oxygen atoms in total. The average Bonchev–Trinajstić information content (AvgIpc) is 2.93. The SMILES string of the molecule is CC(Cc1ccsc1)N(CCO)C1CC1. The van der Waals surface area contributed by atoms with Crippen LogP contribution in [0, 0.1) is 0 Å². The van der Waals surface area contributed by atoms with Gasteiger partial charge in [-0.25, -0.2) is 0 Å². The average molecular weight is 225 g/mol. The minimum atomic E-state index is 0.282. The second-order valence-corrected chi connectivity index (χ2v) is 5.16. The van der Waals surface area contributed by atoms with Crippen molar-refractivity contribution in [2.45, 2.75) is 38.3 Å². The smallest absolute Gasteiger partial charge is 0.0558 e. The quantitative estimate of drug-likeness (QED) is 0.802. The molecule has 84 valence electrons. The summed E-state index contributed by atoms with van der Waals surface area (Å²) in [5.41, 5.74) is 1.43. The topological polar surface area (TPSA) is 23.5 Å². The molecule has 0 radical (unpaired) electrons. The molecule has 1 atom stereocenters. The summed E-state index contributed by atoms with van der Waals surface area (Å²) in [5.74, 6) is 0. The first kappa shape index (κ1) is 11.1. The van der Waals surface area contributed by atoms with Gasteiger partial charge in [-0.3, -0.25) is 4.90 Å². The van der Waals surface area contributed by atoms with Gasteiger partial charge in [0, 0.05) is 18.6 Å². The normalized spacial score (nSPS) is 18.3. The van der Waals surface area contributed by atoms with E-state index in [0.717, 1.165) is 19.0 Å². The van der Waals surface area contributed by atoms with E-state index in [4.69, 9.17) is 5.11 Å². The Labute approximate surface area is 95.5 Å². The first-order valence-electron chi connectivity index (χ1n) is 5.69. The summed E-state index contributed by atoms with van der Waals surface area (Å²) in [6.07, 6.45) is 3.74. The second-order valence-electron chi connectivity index (χ2n) is 4.38. The second kappa shape index (κ2) is 5.10. The van der Waals surface area contributed by atoms with Crippen LogP contribution in [-0.2, 0) is 6.42 Å². The van der Waals surface area contributed by atoms with E-state index in [1.54, 1.807) is 11.3 Å². The number of hydrogen-bond acceptors (Lipinski definition) is 3. The van der Waals surface area contributed by atoms with E-state index >= 15 is 0 Å². The Morgan fingerprint density at radius 2 is 2.40 bits per heavy atom. The number of nitrogens with zero attached hydrogens (tertiary/aromatic N) is 1. The highest BCUT2D eigenvalue weighted by molar-refractivity contribution is 7.07. The molecule has 0 amide bonds. The van der Waals surface area contributed by atoms with Gasteiger partial charge in [0.15, 0.2) is 0 Å². The molecule has 15 heavy (non-hydrogen) atoms. The van der Waals surface area contributed by atoms with Gasteiger partial charge in [0.05, 0.1) is 6.61 Å². The van der Waals surface area contributed by atoms with Crippen LogP contribution in [0.15, 0.2) is 16.8 Å². The van der Waals surface area contributed by atoms with Crippen molar-refractivity contribution >= 4 is 11.3 Å². The lowest BCUT2D eigenvalue weighted by atomic mass is 10.1. The van der Waals surface area contributed by atoms with Gasteiger partial charge in [0.1, 0.15) is 0 Å². The Morgan fingerprint density at radius 1 is 1.60 bits per heavy atom. The number of thiophene rings is 1. The van der Waals surface area contributed by atoms with Crippen LogP contribution in [0.2, 0.25) is 0 Å². The molecule has 0 bridgehead atoms. The molecule has 1 N–H and O–H groups in total. The molecule has 1 unspecified atom stereocenters. The van der Waals surface area contributed by atoms with Crippen molar-refractivity contribution in [3.63, 3.8) is 0 Å². The summed E-state index contributed by atoms with van der Waals surface area (Å²) in [7, 11) is 0. The Bertz CT molecular complexity index is 282. The van der Waals surface area contributed by atoms with Crippen molar-refractivity contribution in [1.29, 1.82) is 0 Å². The zero-order chi connectivity index (χ0) is 10.7. The predicted molar refractivity (Wildman–Crippen MR) is 64.3 cm³/mol. The van der Waals surface area contributed by atoms with Gasteiger partial charge in [-0.05, 0) is 48.6 Å². The number of aliphatic hydroxyl groups is 1. The maximum absolute atomic E-state index is 9.05. The molecule has 0 aliphatic heterocycles. The van der Waals surface area contributed by atoms with E-state index in [2.05, 4.69) is 28.7 Å². The molecule has 0 spiro atoms. The number of hydrogen-bond donors (Lipinski definition) is 1. The molecule has 1 aliphatic carbocycles. The Hall–Kier alpha value is -0.380. The molecule has 1 heterocycles. The van der Waals surface area contributed by atoms with Crippen molar-refractivity contribution in [1.82, 2.24) is 4.90 Å². The maximum atomic E-state index is 9.05. The fourth-order valence-electron chi connectivity index (χ4n) is 2.15. The standard InChI is InChI=1S/C12H19NOS/c1-10(8-11-4-7-15-9-11)13(5-6-14)12-2-3-12/h4,7,9-10,12,14H,2-3,5-6,8H2,1H3. The summed E-state index contributed by atoms with van der Waals surface area (Å²) >= 11 is 1.76. The summed E-state index contributed by atoms with van der Waals surface area (Å²) in [6, 6.07) is 3.50. The molecule has 1 aliphatic rings. The molecular weight excluding hydrogens is 206 g/mol. The van der Waals surface area contributed by atoms with Crippen LogP contribution < -0.4 is 0 Å². The maximum Gasteiger partial charge on any atom is 0.0558 e. The largest absolute Gasteiger partial charge is 0.395 e. The lowest BCUT2D eigenvalue weighted by Crippen LogP contribution is -2.38. The molecule has 0 saturated heterocycles. The number of rotatable bonds is 6. The minimum absolute atomic E-state index is 0.282. The summed E-state index contributed by atoms with van der Waals surface area (Å²) in [6.45, 7) is 3.38. The first-order valence-corrected chi connectivity index (χ1v) is 6.63. The number of aliphatic hydroxyl groups excluding tert-OH is 1. The highest BCUT2D eigenvalue weighted by Gasteiger charge is 2.31. The Kier molecular flexibility index (Phi) is 3.78. The molecule has 1 fully saturated rings. The molecule has 1 aromatic rings. The van der Waals surface area contributed by atoms with Crippen molar-refractivity contribution in [3.05, 3.63) is 22.4 Å². The highest BCUT2D eigenvalue weighted by atomic mass is 32.1. The summed E-state index contributed by atoms with van der Waals surface area (Å²) in [5, 5.41) is 13.4. The minimum Gasteiger partial charge on any atom is -0.395 e. The summed E-state index contributed by atoms with van der Waals surface area (Å²) in [4.78, 5) is 2.46. The van der Waals surface area contributed by atoms with Crippen LogP contribution >= 0.6 is 11.3 Å². The fourth-order valence-corrected chi connectivity index (χ4v) is 2.83. The third-order valence-corrected chi connectivity index (χ3v) is 3.78. The molecular formula is C12H19NOS. The van der Waals surface area contributed by atoms with Gasteiger partial charge < -0.3 is 5.11 Å². The molecule has 1 aromatic heterocycles. The van der Waals surface area contributed by atoms with Crippen molar-refractivity contribution < 1.29 is 5.11 Å². The zero-order valence-electron chi connectivity index (χ0n) is 9.22. The van der Waals surface area contributed by atoms with Gasteiger partial charge >= 0.3 is 0 Å². The zero-order valence-corrected chi connectivity index (χ0v) is 10.0. The van der Waals surface area contributed by atoms with Gasteiger partial charge in [-0.1, -0.05) is 0 Å². The van der Waals surface area contributed by atoms with Crippen LogP contribution in [0.1, 0.15) is 25.3 Å². The van der Waals surface area contributed by atoms with Crippen LogP contribution in [-0.4, -0.2) is 35.2 Å². The Morgan fingerprint density at radius 3 is 2.93 bits per heavy atom. The summed E-state index contributed by atoms with van der Waals surface area (Å²) < 4.78 is 0. The monoisotopic (exact) mass is 225 g/mol. The van der Waals surface area contributed by atoms with Gasteiger partial charge in [-0.15, -0.1) is 0 Å². The van der Waals surface area contributed by atoms with Crippen molar-refractivity contribution in [2.24, 2.45) is 0 Å². The Balaban J connectivity index is 1.89. The van der Waals surface area contributed by atoms with Crippen molar-refractivity contribution in [2.75, 3.05) is 13.2 Å². The third kappa shape index (κ3) is 3.03. The highest BCUT2D eigenvalue weighted by Crippen LogP contribution is 2.29. The lowest BCUT2D eigenvalue weighted by Gasteiger charge is -2.28. The van der Waals surface area contributed by atoms with Gasteiger partial charge in [0.25, 0.3) is 0 Å². The predicted octanol–water partition coefficient (Wildman–Crippen LogP) is 2.14. The van der Waals surface area contributed by atoms with Gasteiger partial charge in [-0.2, -0.15) is 11.3 Å². The molecule has 1 saturated carbocycles. The van der Waals surface area contributed by atoms with Crippen molar-refractivity contribution in [3.8, 4) is 0 Å². The van der Waals surface area contributed by atoms with E-state index in [1.807, 2.05) is 0 Å². The van der Waals surface area contributed by atoms with Crippen LogP contribution in [0.25, 0.3) is 0 Å². The van der Waals surface area contributed by atoms with Crippen LogP contribution in [0.4, 0.5) is 0 Å². The van der Waals surface area contributed by atoms with Crippen LogP contribution in [0.3, 0.4) is 0 Å².